The van der Waals surface area contributed by atoms with E-state index in [1.54, 1.807) is 0 Å². The van der Waals surface area contributed by atoms with E-state index in [0.717, 1.165) is 24.7 Å². The quantitative estimate of drug-likeness (QED) is 0.382. The van der Waals surface area contributed by atoms with Crippen LogP contribution in [0.3, 0.4) is 0 Å². The minimum absolute atomic E-state index is 0.735. The molecular weight excluding hydrogens is 136 g/mol. The summed E-state index contributed by atoms with van der Waals surface area (Å²) in [6, 6.07) is 0. The minimum Gasteiger partial charge on any atom is -0.334 e. The summed E-state index contributed by atoms with van der Waals surface area (Å²) in [5, 5.41) is 0. The van der Waals surface area contributed by atoms with Gasteiger partial charge in [0.05, 0.1) is 5.84 Å². The first kappa shape index (κ1) is 8.31. The van der Waals surface area contributed by atoms with Gasteiger partial charge in [0.25, 0.3) is 0 Å². The highest BCUT2D eigenvalue weighted by Gasteiger charge is 2.22. The van der Waals surface area contributed by atoms with E-state index < -0.39 is 0 Å². The van der Waals surface area contributed by atoms with Crippen LogP contribution in [0.15, 0.2) is 17.3 Å². The van der Waals surface area contributed by atoms with Gasteiger partial charge in [0, 0.05) is 19.3 Å². The molecule has 1 fully saturated rings. The van der Waals surface area contributed by atoms with E-state index in [2.05, 4.69) is 23.4 Å². The predicted molar refractivity (Wildman–Crippen MR) is 48.7 cm³/mol. The highest BCUT2D eigenvalue weighted by atomic mass is 15.2. The van der Waals surface area contributed by atoms with Gasteiger partial charge in [0.15, 0.2) is 0 Å². The molecule has 0 aromatic heterocycles. The van der Waals surface area contributed by atoms with Crippen molar-refractivity contribution < 1.29 is 0 Å². The molecule has 0 spiro atoms. The van der Waals surface area contributed by atoms with Crippen molar-refractivity contribution in [1.29, 1.82) is 0 Å². The summed E-state index contributed by atoms with van der Waals surface area (Å²) in [6.07, 6.45) is 1.12. The van der Waals surface area contributed by atoms with Crippen molar-refractivity contribution >= 4 is 5.84 Å². The molecule has 0 N–H and O–H groups in total. The van der Waals surface area contributed by atoms with Crippen LogP contribution in [0.2, 0.25) is 0 Å². The Hall–Kier alpha value is -0.790. The Kier molecular flexibility index (Phi) is 2.32. The molecule has 0 aromatic rings. The van der Waals surface area contributed by atoms with E-state index in [1.165, 1.54) is 5.70 Å². The third kappa shape index (κ3) is 1.62. The van der Waals surface area contributed by atoms with Gasteiger partial charge < -0.3 is 4.90 Å². The summed E-state index contributed by atoms with van der Waals surface area (Å²) in [7, 11) is 1.82. The number of aliphatic imine (C=N–C) groups is 1. The van der Waals surface area contributed by atoms with Crippen molar-refractivity contribution in [2.24, 2.45) is 10.9 Å². The van der Waals surface area contributed by atoms with Crippen LogP contribution < -0.4 is 0 Å². The van der Waals surface area contributed by atoms with Crippen LogP contribution in [-0.2, 0) is 0 Å². The van der Waals surface area contributed by atoms with Gasteiger partial charge in [-0.05, 0) is 19.3 Å². The molecule has 0 amide bonds. The highest BCUT2D eigenvalue weighted by molar-refractivity contribution is 5.81. The number of hydrogen-bond donors (Lipinski definition) is 0. The van der Waals surface area contributed by atoms with Gasteiger partial charge >= 0.3 is 0 Å². The standard InChI is InChI=1S/C9H16N2/c1-7-5-8(2)11(6-7)9(3)10-4/h7H,2,5-6H2,1,3-4H3. The van der Waals surface area contributed by atoms with Crippen LogP contribution in [0.5, 0.6) is 0 Å². The second kappa shape index (κ2) is 3.07. The monoisotopic (exact) mass is 152 g/mol. The zero-order chi connectivity index (χ0) is 8.43. The highest BCUT2D eigenvalue weighted by Crippen LogP contribution is 2.24. The lowest BCUT2D eigenvalue weighted by Gasteiger charge is -2.17. The Balaban J connectivity index is 2.68. The van der Waals surface area contributed by atoms with Gasteiger partial charge in [-0.15, -0.1) is 0 Å². The molecule has 0 aliphatic carbocycles. The maximum Gasteiger partial charge on any atom is 0.0995 e. The minimum atomic E-state index is 0.735. The summed E-state index contributed by atoms with van der Waals surface area (Å²) in [4.78, 5) is 6.34. The van der Waals surface area contributed by atoms with Crippen LogP contribution in [0.1, 0.15) is 20.3 Å². The van der Waals surface area contributed by atoms with Gasteiger partial charge in [-0.2, -0.15) is 0 Å². The van der Waals surface area contributed by atoms with Gasteiger partial charge in [0.2, 0.25) is 0 Å². The Labute approximate surface area is 68.6 Å². The Bertz CT molecular complexity index is 194. The molecule has 0 bridgehead atoms. The molecule has 62 valence electrons. The number of rotatable bonds is 0. The third-order valence-corrected chi connectivity index (χ3v) is 2.17. The van der Waals surface area contributed by atoms with Crippen molar-refractivity contribution in [2.75, 3.05) is 13.6 Å². The molecule has 2 nitrogen and oxygen atoms in total. The number of likely N-dealkylation sites (tertiary alicyclic amines) is 1. The Morgan fingerprint density at radius 1 is 1.73 bits per heavy atom. The SMILES string of the molecule is C=C1CC(C)CN1C(C)=NC. The molecule has 1 heterocycles. The van der Waals surface area contributed by atoms with Gasteiger partial charge in [-0.1, -0.05) is 13.5 Å². The molecule has 1 atom stereocenters. The van der Waals surface area contributed by atoms with E-state index in [1.807, 2.05) is 14.0 Å². The first-order valence-electron chi connectivity index (χ1n) is 4.04. The first-order valence-corrected chi connectivity index (χ1v) is 4.04. The number of amidine groups is 1. The molecule has 1 rings (SSSR count). The predicted octanol–water partition coefficient (Wildman–Crippen LogP) is 1.89. The van der Waals surface area contributed by atoms with Crippen molar-refractivity contribution in [2.45, 2.75) is 20.3 Å². The van der Waals surface area contributed by atoms with E-state index in [0.29, 0.717) is 0 Å². The maximum atomic E-state index is 4.14. The molecule has 2 heteroatoms. The molecule has 1 unspecified atom stereocenters. The lowest BCUT2D eigenvalue weighted by Crippen LogP contribution is -2.24. The summed E-state index contributed by atoms with van der Waals surface area (Å²) in [5.41, 5.74) is 1.21. The zero-order valence-electron chi connectivity index (χ0n) is 7.59. The average Bonchev–Trinajstić information content (AvgIpc) is 2.28. The smallest absolute Gasteiger partial charge is 0.0995 e. The first-order chi connectivity index (χ1) is 5.15. The van der Waals surface area contributed by atoms with Crippen LogP contribution in [-0.4, -0.2) is 24.3 Å². The van der Waals surface area contributed by atoms with Crippen LogP contribution in [0.4, 0.5) is 0 Å². The molecule has 0 saturated carbocycles. The van der Waals surface area contributed by atoms with Gasteiger partial charge in [-0.25, -0.2) is 0 Å². The zero-order valence-corrected chi connectivity index (χ0v) is 7.59. The third-order valence-electron chi connectivity index (χ3n) is 2.17. The summed E-state index contributed by atoms with van der Waals surface area (Å²) in [5.74, 6) is 1.82. The fourth-order valence-corrected chi connectivity index (χ4v) is 1.50. The lowest BCUT2D eigenvalue weighted by molar-refractivity contribution is 0.526. The molecule has 1 aliphatic rings. The van der Waals surface area contributed by atoms with Gasteiger partial charge in [-0.3, -0.25) is 4.99 Å². The summed E-state index contributed by atoms with van der Waals surface area (Å²) < 4.78 is 0. The normalized spacial score (nSPS) is 26.5. The van der Waals surface area contributed by atoms with Crippen LogP contribution >= 0.6 is 0 Å². The molecule has 0 aromatic carbocycles. The van der Waals surface area contributed by atoms with Gasteiger partial charge in [0.1, 0.15) is 0 Å². The molecular formula is C9H16N2. The average molecular weight is 152 g/mol. The molecule has 1 aliphatic heterocycles. The molecule has 11 heavy (non-hydrogen) atoms. The summed E-state index contributed by atoms with van der Waals surface area (Å²) >= 11 is 0. The van der Waals surface area contributed by atoms with Crippen LogP contribution in [0.25, 0.3) is 0 Å². The van der Waals surface area contributed by atoms with E-state index in [4.69, 9.17) is 0 Å². The number of allylic oxidation sites excluding steroid dienone is 1. The van der Waals surface area contributed by atoms with Crippen LogP contribution in [0, 0.1) is 5.92 Å². The van der Waals surface area contributed by atoms with Crippen molar-refractivity contribution in [3.05, 3.63) is 12.3 Å². The van der Waals surface area contributed by atoms with Crippen molar-refractivity contribution in [3.8, 4) is 0 Å². The van der Waals surface area contributed by atoms with E-state index >= 15 is 0 Å². The fraction of sp³-hybridized carbons (Fsp3) is 0.667. The largest absolute Gasteiger partial charge is 0.334 e. The van der Waals surface area contributed by atoms with E-state index in [-0.39, 0.29) is 0 Å². The Morgan fingerprint density at radius 2 is 2.36 bits per heavy atom. The van der Waals surface area contributed by atoms with Crippen molar-refractivity contribution in [3.63, 3.8) is 0 Å². The molecule has 1 saturated heterocycles. The molecule has 0 radical (unpaired) electrons. The number of nitrogens with zero attached hydrogens (tertiary/aromatic N) is 2. The summed E-state index contributed by atoms with van der Waals surface area (Å²) in [6.45, 7) is 9.36. The maximum absolute atomic E-state index is 4.14. The lowest BCUT2D eigenvalue weighted by atomic mass is 10.1. The second-order valence-electron chi connectivity index (χ2n) is 3.26. The van der Waals surface area contributed by atoms with E-state index in [9.17, 15) is 0 Å². The topological polar surface area (TPSA) is 15.6 Å². The Morgan fingerprint density at radius 3 is 2.73 bits per heavy atom. The van der Waals surface area contributed by atoms with Crippen molar-refractivity contribution in [1.82, 2.24) is 4.90 Å². The second-order valence-corrected chi connectivity index (χ2v) is 3.26. The fourth-order valence-electron chi connectivity index (χ4n) is 1.50. The number of hydrogen-bond acceptors (Lipinski definition) is 1.